The Hall–Kier alpha value is -2.04. The number of nitrogens with one attached hydrogen (secondary N) is 1. The molecule has 0 atom stereocenters. The molecular formula is C16H24N2O3. The van der Waals surface area contributed by atoms with E-state index in [1.165, 1.54) is 6.92 Å². The Morgan fingerprint density at radius 3 is 2.33 bits per heavy atom. The summed E-state index contributed by atoms with van der Waals surface area (Å²) in [7, 11) is 1.60. The van der Waals surface area contributed by atoms with Crippen LogP contribution in [0, 0.1) is 5.92 Å². The number of methoxy groups -OCH3 is 1. The van der Waals surface area contributed by atoms with Crippen LogP contribution in [0.1, 0.15) is 27.2 Å². The van der Waals surface area contributed by atoms with Crippen LogP contribution in [0.5, 0.6) is 5.75 Å². The molecule has 0 saturated carbocycles. The third kappa shape index (κ3) is 5.85. The molecule has 0 heterocycles. The number of anilines is 1. The Bertz CT molecular complexity index is 469. The second-order valence-electron chi connectivity index (χ2n) is 5.32. The van der Waals surface area contributed by atoms with E-state index >= 15 is 0 Å². The molecule has 2 amide bonds. The monoisotopic (exact) mass is 292 g/mol. The fourth-order valence-corrected chi connectivity index (χ4v) is 1.98. The van der Waals surface area contributed by atoms with Crippen molar-refractivity contribution >= 4 is 17.5 Å². The van der Waals surface area contributed by atoms with E-state index in [4.69, 9.17) is 4.74 Å². The van der Waals surface area contributed by atoms with Crippen molar-refractivity contribution in [3.8, 4) is 5.75 Å². The number of hydrogen-bond donors (Lipinski definition) is 1. The van der Waals surface area contributed by atoms with Crippen LogP contribution in [-0.2, 0) is 9.59 Å². The van der Waals surface area contributed by atoms with Gasteiger partial charge in [0.15, 0.2) is 0 Å². The molecule has 0 aromatic heterocycles. The highest BCUT2D eigenvalue weighted by Gasteiger charge is 2.12. The van der Waals surface area contributed by atoms with Gasteiger partial charge in [0.1, 0.15) is 5.75 Å². The molecule has 0 spiro atoms. The van der Waals surface area contributed by atoms with Crippen LogP contribution in [0.3, 0.4) is 0 Å². The van der Waals surface area contributed by atoms with Gasteiger partial charge in [0.2, 0.25) is 11.8 Å². The summed E-state index contributed by atoms with van der Waals surface area (Å²) in [6, 6.07) is 7.28. The van der Waals surface area contributed by atoms with Crippen molar-refractivity contribution in [2.75, 3.05) is 25.1 Å². The summed E-state index contributed by atoms with van der Waals surface area (Å²) in [5.41, 5.74) is 0.793. The smallest absolute Gasteiger partial charge is 0.223 e. The van der Waals surface area contributed by atoms with Crippen LogP contribution in [0.25, 0.3) is 0 Å². The third-order valence-corrected chi connectivity index (χ3v) is 3.02. The maximum Gasteiger partial charge on any atom is 0.223 e. The van der Waals surface area contributed by atoms with Crippen LogP contribution in [0.2, 0.25) is 0 Å². The predicted molar refractivity (Wildman–Crippen MR) is 83.5 cm³/mol. The molecule has 21 heavy (non-hydrogen) atoms. The van der Waals surface area contributed by atoms with Gasteiger partial charge in [-0.1, -0.05) is 13.8 Å². The van der Waals surface area contributed by atoms with Crippen LogP contribution in [-0.4, -0.2) is 32.0 Å². The summed E-state index contributed by atoms with van der Waals surface area (Å²) in [6.07, 6.45) is 0.503. The lowest BCUT2D eigenvalue weighted by molar-refractivity contribution is -0.122. The van der Waals surface area contributed by atoms with E-state index in [1.807, 2.05) is 38.1 Å². The number of hydrogen-bond acceptors (Lipinski definition) is 3. The number of rotatable bonds is 7. The minimum atomic E-state index is -0.0572. The quantitative estimate of drug-likeness (QED) is 0.838. The fraction of sp³-hybridized carbons (Fsp3) is 0.500. The molecule has 0 saturated heterocycles. The molecule has 0 unspecified atom stereocenters. The fourth-order valence-electron chi connectivity index (χ4n) is 1.98. The minimum Gasteiger partial charge on any atom is -0.497 e. The van der Waals surface area contributed by atoms with Gasteiger partial charge in [0.05, 0.1) is 7.11 Å². The normalized spacial score (nSPS) is 10.3. The number of amides is 2. The van der Waals surface area contributed by atoms with Crippen molar-refractivity contribution in [1.82, 2.24) is 5.32 Å². The van der Waals surface area contributed by atoms with Gasteiger partial charge in [-0.15, -0.1) is 0 Å². The maximum absolute atomic E-state index is 11.7. The van der Waals surface area contributed by atoms with Crippen molar-refractivity contribution in [3.05, 3.63) is 24.3 Å². The van der Waals surface area contributed by atoms with E-state index in [0.29, 0.717) is 25.4 Å². The largest absolute Gasteiger partial charge is 0.497 e. The van der Waals surface area contributed by atoms with E-state index in [2.05, 4.69) is 5.32 Å². The Labute approximate surface area is 126 Å². The van der Waals surface area contributed by atoms with Crippen molar-refractivity contribution < 1.29 is 14.3 Å². The third-order valence-electron chi connectivity index (χ3n) is 3.02. The molecule has 116 valence electrons. The standard InChI is InChI=1S/C16H24N2O3/c1-12(2)11-16(20)17-9-10-18(13(3)19)14-5-7-15(21-4)8-6-14/h5-8,12H,9-11H2,1-4H3,(H,17,20). The number of nitrogens with zero attached hydrogens (tertiary/aromatic N) is 1. The summed E-state index contributed by atoms with van der Waals surface area (Å²) < 4.78 is 5.10. The van der Waals surface area contributed by atoms with Crippen LogP contribution in [0.4, 0.5) is 5.69 Å². The molecular weight excluding hydrogens is 268 g/mol. The van der Waals surface area contributed by atoms with Crippen molar-refractivity contribution in [1.29, 1.82) is 0 Å². The van der Waals surface area contributed by atoms with Crippen LogP contribution in [0.15, 0.2) is 24.3 Å². The summed E-state index contributed by atoms with van der Waals surface area (Å²) in [5, 5.41) is 2.83. The Morgan fingerprint density at radius 2 is 1.86 bits per heavy atom. The van der Waals surface area contributed by atoms with Gasteiger partial charge in [-0.3, -0.25) is 9.59 Å². The molecule has 0 fully saturated rings. The van der Waals surface area contributed by atoms with Gasteiger partial charge < -0.3 is 15.0 Å². The van der Waals surface area contributed by atoms with E-state index < -0.39 is 0 Å². The number of benzene rings is 1. The zero-order valence-electron chi connectivity index (χ0n) is 13.2. The van der Waals surface area contributed by atoms with Crippen LogP contribution >= 0.6 is 0 Å². The average Bonchev–Trinajstić information content (AvgIpc) is 2.42. The molecule has 5 heteroatoms. The predicted octanol–water partition coefficient (Wildman–Crippen LogP) is 2.21. The van der Waals surface area contributed by atoms with E-state index in [-0.39, 0.29) is 11.8 Å². The topological polar surface area (TPSA) is 58.6 Å². The van der Waals surface area contributed by atoms with E-state index in [1.54, 1.807) is 12.0 Å². The molecule has 1 aromatic rings. The average molecular weight is 292 g/mol. The highest BCUT2D eigenvalue weighted by molar-refractivity contribution is 5.91. The van der Waals surface area contributed by atoms with Gasteiger partial charge in [0, 0.05) is 32.1 Å². The van der Waals surface area contributed by atoms with Crippen LogP contribution < -0.4 is 15.0 Å². The molecule has 0 radical (unpaired) electrons. The van der Waals surface area contributed by atoms with Gasteiger partial charge in [-0.25, -0.2) is 0 Å². The molecule has 0 aliphatic heterocycles. The first kappa shape index (κ1) is 17.0. The lowest BCUT2D eigenvalue weighted by Crippen LogP contribution is -2.37. The van der Waals surface area contributed by atoms with Gasteiger partial charge in [-0.2, -0.15) is 0 Å². The van der Waals surface area contributed by atoms with E-state index in [0.717, 1.165) is 11.4 Å². The summed E-state index contributed by atoms with van der Waals surface area (Å²) in [5.74, 6) is 1.03. The summed E-state index contributed by atoms with van der Waals surface area (Å²) >= 11 is 0. The number of carbonyl (C=O) groups excluding carboxylic acids is 2. The molecule has 1 rings (SSSR count). The molecule has 0 aliphatic carbocycles. The number of carbonyl (C=O) groups is 2. The van der Waals surface area contributed by atoms with Gasteiger partial charge >= 0.3 is 0 Å². The Kier molecular flexibility index (Phi) is 6.72. The first-order valence-corrected chi connectivity index (χ1v) is 7.13. The minimum absolute atomic E-state index is 0.0169. The first-order chi connectivity index (χ1) is 9.93. The second-order valence-corrected chi connectivity index (χ2v) is 5.32. The molecule has 1 N–H and O–H groups in total. The Balaban J connectivity index is 2.57. The molecule has 0 bridgehead atoms. The van der Waals surface area contributed by atoms with Crippen molar-refractivity contribution in [3.63, 3.8) is 0 Å². The van der Waals surface area contributed by atoms with E-state index in [9.17, 15) is 9.59 Å². The lowest BCUT2D eigenvalue weighted by Gasteiger charge is -2.21. The van der Waals surface area contributed by atoms with Gasteiger partial charge in [0.25, 0.3) is 0 Å². The highest BCUT2D eigenvalue weighted by Crippen LogP contribution is 2.19. The van der Waals surface area contributed by atoms with Crippen molar-refractivity contribution in [2.24, 2.45) is 5.92 Å². The summed E-state index contributed by atoms with van der Waals surface area (Å²) in [6.45, 7) is 6.40. The van der Waals surface area contributed by atoms with Gasteiger partial charge in [-0.05, 0) is 30.2 Å². The molecule has 5 nitrogen and oxygen atoms in total. The summed E-state index contributed by atoms with van der Waals surface area (Å²) in [4.78, 5) is 25.0. The Morgan fingerprint density at radius 1 is 1.24 bits per heavy atom. The second kappa shape index (κ2) is 8.29. The SMILES string of the molecule is COc1ccc(N(CCNC(=O)CC(C)C)C(C)=O)cc1. The zero-order chi connectivity index (χ0) is 15.8. The molecule has 0 aliphatic rings. The first-order valence-electron chi connectivity index (χ1n) is 7.13. The lowest BCUT2D eigenvalue weighted by atomic mass is 10.1. The zero-order valence-corrected chi connectivity index (χ0v) is 13.2. The molecule has 1 aromatic carbocycles. The highest BCUT2D eigenvalue weighted by atomic mass is 16.5. The maximum atomic E-state index is 11.7. The number of ether oxygens (including phenoxy) is 1. The van der Waals surface area contributed by atoms with Crippen molar-refractivity contribution in [2.45, 2.75) is 27.2 Å².